The Bertz CT molecular complexity index is 1060. The highest BCUT2D eigenvalue weighted by molar-refractivity contribution is 5.87. The molecule has 2 bridgehead atoms. The Morgan fingerprint density at radius 3 is 2.62 bits per heavy atom. The number of ether oxygens (including phenoxy) is 3. The summed E-state index contributed by atoms with van der Waals surface area (Å²) in [7, 11) is 1.38. The molecule has 1 spiro atoms. The van der Waals surface area contributed by atoms with Crippen LogP contribution in [0.1, 0.15) is 71.5 Å². The molecule has 4 fully saturated rings. The highest BCUT2D eigenvalue weighted by Crippen LogP contribution is 2.71. The second kappa shape index (κ2) is 7.30. The normalized spacial score (nSPS) is 42.9. The monoisotopic (exact) mass is 470 g/mol. The van der Waals surface area contributed by atoms with E-state index in [1.165, 1.54) is 7.11 Å². The van der Waals surface area contributed by atoms with Crippen molar-refractivity contribution in [2.45, 2.75) is 77.6 Å². The number of hydrogen-bond donors (Lipinski definition) is 0. The third kappa shape index (κ3) is 2.76. The smallest absolute Gasteiger partial charge is 0.309 e. The molecule has 0 amide bonds. The third-order valence-corrected chi connectivity index (χ3v) is 9.98. The molecule has 7 nitrogen and oxygen atoms in total. The second-order valence-corrected chi connectivity index (χ2v) is 11.6. The van der Waals surface area contributed by atoms with Crippen LogP contribution in [0.5, 0.6) is 0 Å². The minimum atomic E-state index is -0.949. The lowest BCUT2D eigenvalue weighted by molar-refractivity contribution is -0.298. The average Bonchev–Trinajstić information content (AvgIpc) is 3.30. The Hall–Kier alpha value is -2.41. The van der Waals surface area contributed by atoms with Crippen LogP contribution in [0.4, 0.5) is 0 Å². The van der Waals surface area contributed by atoms with Gasteiger partial charge in [0.1, 0.15) is 17.5 Å². The summed E-state index contributed by atoms with van der Waals surface area (Å²) >= 11 is 0. The molecule has 3 heterocycles. The first-order chi connectivity index (χ1) is 15.9. The Balaban J connectivity index is 1.63. The van der Waals surface area contributed by atoms with Crippen molar-refractivity contribution in [3.63, 3.8) is 0 Å². The number of fused-ring (bicyclic) bond motifs is 3. The minimum absolute atomic E-state index is 0.00254. The van der Waals surface area contributed by atoms with E-state index in [4.69, 9.17) is 18.6 Å². The summed E-state index contributed by atoms with van der Waals surface area (Å²) in [5.74, 6) is -0.889. The molecule has 0 N–H and O–H groups in total. The van der Waals surface area contributed by atoms with Gasteiger partial charge in [-0.15, -0.1) is 0 Å². The van der Waals surface area contributed by atoms with Crippen LogP contribution in [0, 0.1) is 28.1 Å². The Morgan fingerprint density at radius 2 is 1.97 bits per heavy atom. The predicted octanol–water partition coefficient (Wildman–Crippen LogP) is 4.56. The van der Waals surface area contributed by atoms with Crippen molar-refractivity contribution in [3.05, 3.63) is 36.3 Å². The fourth-order valence-corrected chi connectivity index (χ4v) is 7.88. The quantitative estimate of drug-likeness (QED) is 0.472. The van der Waals surface area contributed by atoms with Crippen LogP contribution in [0.2, 0.25) is 0 Å². The van der Waals surface area contributed by atoms with Crippen molar-refractivity contribution in [2.75, 3.05) is 7.11 Å². The van der Waals surface area contributed by atoms with E-state index in [1.54, 1.807) is 12.5 Å². The van der Waals surface area contributed by atoms with Crippen LogP contribution in [0.15, 0.2) is 35.2 Å². The fourth-order valence-electron chi connectivity index (χ4n) is 7.88. The number of cyclic esters (lactones) is 1. The Morgan fingerprint density at radius 1 is 1.24 bits per heavy atom. The van der Waals surface area contributed by atoms with Crippen LogP contribution < -0.4 is 0 Å². The number of hydrogen-bond acceptors (Lipinski definition) is 7. The third-order valence-electron chi connectivity index (χ3n) is 9.98. The number of carbonyl (C=O) groups is 3. The van der Waals surface area contributed by atoms with Gasteiger partial charge in [0, 0.05) is 34.7 Å². The SMILES string of the molecule is C=C1[C@H]2CC[C@]3(C)[C@@H](c4ccoc4)OC(=O)C[C@@]13O[C@H]1CC(=O)C(C)(C)[C@@H](CC(=O)OC)[C@]12C. The van der Waals surface area contributed by atoms with Crippen molar-refractivity contribution in [1.82, 2.24) is 0 Å². The molecule has 7 atom stereocenters. The van der Waals surface area contributed by atoms with Gasteiger partial charge in [0.15, 0.2) is 0 Å². The van der Waals surface area contributed by atoms with Crippen LogP contribution in [-0.4, -0.2) is 36.5 Å². The summed E-state index contributed by atoms with van der Waals surface area (Å²) in [5, 5.41) is 0. The molecule has 5 rings (SSSR count). The first-order valence-corrected chi connectivity index (χ1v) is 12.1. The molecule has 0 unspecified atom stereocenters. The van der Waals surface area contributed by atoms with Gasteiger partial charge in [-0.3, -0.25) is 14.4 Å². The summed E-state index contributed by atoms with van der Waals surface area (Å²) in [6, 6.07) is 1.82. The van der Waals surface area contributed by atoms with E-state index in [2.05, 4.69) is 20.4 Å². The number of rotatable bonds is 3. The summed E-state index contributed by atoms with van der Waals surface area (Å²) in [6.45, 7) is 12.6. The Kier molecular flexibility index (Phi) is 5.01. The molecular formula is C27H34O7. The maximum Gasteiger partial charge on any atom is 0.309 e. The van der Waals surface area contributed by atoms with Gasteiger partial charge in [-0.25, -0.2) is 0 Å². The van der Waals surface area contributed by atoms with E-state index in [0.29, 0.717) is 0 Å². The largest absolute Gasteiger partial charge is 0.472 e. The first-order valence-electron chi connectivity index (χ1n) is 12.1. The molecule has 7 heteroatoms. The van der Waals surface area contributed by atoms with Crippen LogP contribution in [0.25, 0.3) is 0 Å². The molecule has 4 aliphatic rings. The van der Waals surface area contributed by atoms with Gasteiger partial charge < -0.3 is 18.6 Å². The van der Waals surface area contributed by atoms with Gasteiger partial charge in [-0.2, -0.15) is 0 Å². The lowest BCUT2D eigenvalue weighted by atomic mass is 9.41. The lowest BCUT2D eigenvalue weighted by Crippen LogP contribution is -2.72. The van der Waals surface area contributed by atoms with Crippen LogP contribution >= 0.6 is 0 Å². The molecule has 34 heavy (non-hydrogen) atoms. The number of methoxy groups -OCH3 is 1. The molecule has 1 aromatic heterocycles. The van der Waals surface area contributed by atoms with Gasteiger partial charge >= 0.3 is 11.9 Å². The summed E-state index contributed by atoms with van der Waals surface area (Å²) in [5.41, 5.74) is -1.05. The molecule has 2 aliphatic heterocycles. The maximum atomic E-state index is 13.4. The summed E-state index contributed by atoms with van der Waals surface area (Å²) in [4.78, 5) is 38.8. The number of ketones is 1. The van der Waals surface area contributed by atoms with Crippen LogP contribution in [0.3, 0.4) is 0 Å². The van der Waals surface area contributed by atoms with Crippen molar-refractivity contribution in [3.8, 4) is 0 Å². The summed E-state index contributed by atoms with van der Waals surface area (Å²) in [6.07, 6.45) is 4.23. The molecule has 2 aliphatic carbocycles. The van der Waals surface area contributed by atoms with Crippen molar-refractivity contribution in [2.24, 2.45) is 28.1 Å². The molecular weight excluding hydrogens is 436 g/mol. The van der Waals surface area contributed by atoms with Gasteiger partial charge in [-0.1, -0.05) is 34.3 Å². The molecule has 0 radical (unpaired) electrons. The average molecular weight is 471 g/mol. The highest BCUT2D eigenvalue weighted by atomic mass is 16.6. The van der Waals surface area contributed by atoms with Crippen molar-refractivity contribution in [1.29, 1.82) is 0 Å². The second-order valence-electron chi connectivity index (χ2n) is 11.6. The fraction of sp³-hybridized carbons (Fsp3) is 0.667. The molecule has 2 saturated carbocycles. The van der Waals surface area contributed by atoms with Gasteiger partial charge in [-0.05, 0) is 36.3 Å². The predicted molar refractivity (Wildman–Crippen MR) is 121 cm³/mol. The summed E-state index contributed by atoms with van der Waals surface area (Å²) < 4.78 is 23.2. The number of Topliss-reactive ketones (excluding diaryl/α,β-unsaturated/α-hetero) is 1. The molecule has 1 aromatic rings. The van der Waals surface area contributed by atoms with Gasteiger partial charge in [0.05, 0.1) is 32.2 Å². The van der Waals surface area contributed by atoms with Gasteiger partial charge in [0.25, 0.3) is 0 Å². The lowest BCUT2D eigenvalue weighted by Gasteiger charge is -2.70. The number of esters is 2. The number of furan rings is 1. The van der Waals surface area contributed by atoms with Gasteiger partial charge in [0.2, 0.25) is 0 Å². The van der Waals surface area contributed by atoms with E-state index < -0.39 is 34.1 Å². The number of carbonyl (C=O) groups excluding carboxylic acids is 3. The first kappa shape index (κ1) is 23.3. The highest BCUT2D eigenvalue weighted by Gasteiger charge is 2.73. The zero-order valence-corrected chi connectivity index (χ0v) is 20.6. The molecule has 0 aromatic carbocycles. The van der Waals surface area contributed by atoms with Crippen molar-refractivity contribution >= 4 is 17.7 Å². The topological polar surface area (TPSA) is 92.0 Å². The Labute approximate surface area is 200 Å². The van der Waals surface area contributed by atoms with E-state index >= 15 is 0 Å². The zero-order valence-electron chi connectivity index (χ0n) is 20.6. The molecule has 2 saturated heterocycles. The zero-order chi connectivity index (χ0) is 24.7. The molecule has 184 valence electrons. The maximum absolute atomic E-state index is 13.4. The standard InChI is InChI=1S/C27H34O7/c1-15-17-7-9-25(4)23(16-8-10-32-14-16)33-22(30)13-27(15,25)34-20-12-19(28)24(2,3)18(26(17,20)5)11-21(29)31-6/h8,10,14,17-18,20,23H,1,7,9,11-13H2,2-6H3/t17-,18-,20+,23-,25-,26-,27-/m1/s1. The minimum Gasteiger partial charge on any atom is -0.472 e. The van der Waals surface area contributed by atoms with E-state index in [9.17, 15) is 14.4 Å². The van der Waals surface area contributed by atoms with Crippen LogP contribution in [-0.2, 0) is 28.6 Å². The van der Waals surface area contributed by atoms with E-state index in [-0.39, 0.29) is 48.8 Å². The van der Waals surface area contributed by atoms with E-state index in [0.717, 1.165) is 24.0 Å². The van der Waals surface area contributed by atoms with Crippen molar-refractivity contribution < 1.29 is 33.0 Å². The van der Waals surface area contributed by atoms with E-state index in [1.807, 2.05) is 19.9 Å².